The summed E-state index contributed by atoms with van der Waals surface area (Å²) in [5.41, 5.74) is 3.29. The largest absolute Gasteiger partial charge is 0.309 e. The van der Waals surface area contributed by atoms with Gasteiger partial charge in [-0.05, 0) is 39.0 Å². The number of rotatable bonds is 5. The molecule has 0 spiro atoms. The first kappa shape index (κ1) is 14.9. The van der Waals surface area contributed by atoms with E-state index in [0.717, 1.165) is 41.4 Å². The van der Waals surface area contributed by atoms with Crippen molar-refractivity contribution in [3.05, 3.63) is 11.5 Å². The van der Waals surface area contributed by atoms with Crippen LogP contribution in [0.1, 0.15) is 69.4 Å². The number of hydrogen-bond donors (Lipinski definition) is 0. The highest BCUT2D eigenvalue weighted by molar-refractivity contribution is 6.20. The Morgan fingerprint density at radius 1 is 1.33 bits per heavy atom. The third-order valence-corrected chi connectivity index (χ3v) is 5.04. The lowest BCUT2D eigenvalue weighted by atomic mass is 9.80. The SMILES string of the molecule is CCCc1nn(C)c2c1nc(C(C)Cl)n2C(C)C1CCC1. The molecular weight excluding hydrogens is 284 g/mol. The van der Waals surface area contributed by atoms with Gasteiger partial charge >= 0.3 is 0 Å². The topological polar surface area (TPSA) is 35.6 Å². The summed E-state index contributed by atoms with van der Waals surface area (Å²) >= 11 is 6.42. The number of alkyl halides is 1. The number of nitrogens with zero attached hydrogens (tertiary/aromatic N) is 4. The molecule has 4 nitrogen and oxygen atoms in total. The van der Waals surface area contributed by atoms with Gasteiger partial charge in [-0.25, -0.2) is 4.98 Å². The number of halogens is 1. The van der Waals surface area contributed by atoms with Gasteiger partial charge in [-0.2, -0.15) is 5.10 Å². The molecule has 2 aromatic heterocycles. The van der Waals surface area contributed by atoms with Crippen LogP contribution >= 0.6 is 11.6 Å². The highest BCUT2D eigenvalue weighted by Gasteiger charge is 2.31. The van der Waals surface area contributed by atoms with Crippen molar-refractivity contribution in [3.8, 4) is 0 Å². The Morgan fingerprint density at radius 2 is 2.05 bits per heavy atom. The molecule has 0 aliphatic heterocycles. The van der Waals surface area contributed by atoms with Crippen molar-refractivity contribution in [2.75, 3.05) is 0 Å². The summed E-state index contributed by atoms with van der Waals surface area (Å²) in [5.74, 6) is 1.75. The maximum absolute atomic E-state index is 6.42. The zero-order valence-electron chi connectivity index (χ0n) is 13.4. The van der Waals surface area contributed by atoms with E-state index in [2.05, 4.69) is 23.5 Å². The van der Waals surface area contributed by atoms with Gasteiger partial charge < -0.3 is 4.57 Å². The predicted molar refractivity (Wildman–Crippen MR) is 86.8 cm³/mol. The van der Waals surface area contributed by atoms with Crippen LogP contribution in [0.25, 0.3) is 11.2 Å². The summed E-state index contributed by atoms with van der Waals surface area (Å²) in [5, 5.41) is 4.60. The van der Waals surface area contributed by atoms with E-state index < -0.39 is 0 Å². The van der Waals surface area contributed by atoms with Crippen molar-refractivity contribution in [3.63, 3.8) is 0 Å². The molecule has 2 atom stereocenters. The normalized spacial score (nSPS) is 18.9. The average molecular weight is 309 g/mol. The Morgan fingerprint density at radius 3 is 2.57 bits per heavy atom. The minimum atomic E-state index is -0.0746. The minimum absolute atomic E-state index is 0.0746. The maximum atomic E-state index is 6.42. The molecule has 2 unspecified atom stereocenters. The fourth-order valence-electron chi connectivity index (χ4n) is 3.44. The Kier molecular flexibility index (Phi) is 4.00. The van der Waals surface area contributed by atoms with Gasteiger partial charge in [0.2, 0.25) is 0 Å². The first-order valence-electron chi connectivity index (χ1n) is 8.12. The van der Waals surface area contributed by atoms with Gasteiger partial charge in [0, 0.05) is 13.1 Å². The second kappa shape index (κ2) is 5.64. The summed E-state index contributed by atoms with van der Waals surface area (Å²) in [6, 6.07) is 0.449. The standard InChI is InChI=1S/C16H25ClN4/c1-5-7-13-14-16(20(4)19-13)21(15(18-14)10(2)17)11(3)12-8-6-9-12/h10-12H,5-9H2,1-4H3. The molecule has 2 aromatic rings. The van der Waals surface area contributed by atoms with Crippen LogP contribution in [-0.2, 0) is 13.5 Å². The van der Waals surface area contributed by atoms with E-state index in [0.29, 0.717) is 6.04 Å². The van der Waals surface area contributed by atoms with E-state index in [1.54, 1.807) is 0 Å². The molecule has 2 heterocycles. The molecule has 0 radical (unpaired) electrons. The fraction of sp³-hybridized carbons (Fsp3) is 0.750. The van der Waals surface area contributed by atoms with Crippen LogP contribution in [0.15, 0.2) is 0 Å². The Bertz CT molecular complexity index is 636. The molecule has 0 bridgehead atoms. The number of imidazole rings is 1. The fourth-order valence-corrected chi connectivity index (χ4v) is 3.59. The zero-order chi connectivity index (χ0) is 15.1. The number of fused-ring (bicyclic) bond motifs is 1. The smallest absolute Gasteiger partial charge is 0.158 e. The number of aromatic nitrogens is 4. The molecule has 1 aliphatic carbocycles. The van der Waals surface area contributed by atoms with E-state index >= 15 is 0 Å². The van der Waals surface area contributed by atoms with Crippen LogP contribution in [-0.4, -0.2) is 19.3 Å². The second-order valence-corrected chi connectivity index (χ2v) is 7.03. The van der Waals surface area contributed by atoms with Gasteiger partial charge in [-0.1, -0.05) is 19.8 Å². The first-order chi connectivity index (χ1) is 10.0. The van der Waals surface area contributed by atoms with Gasteiger partial charge in [0.05, 0.1) is 11.1 Å². The minimum Gasteiger partial charge on any atom is -0.309 e. The molecular formula is C16H25ClN4. The van der Waals surface area contributed by atoms with Crippen LogP contribution in [0.3, 0.4) is 0 Å². The van der Waals surface area contributed by atoms with Gasteiger partial charge in [-0.3, -0.25) is 4.68 Å². The van der Waals surface area contributed by atoms with E-state index in [4.69, 9.17) is 16.6 Å². The summed E-state index contributed by atoms with van der Waals surface area (Å²) in [4.78, 5) is 4.86. The van der Waals surface area contributed by atoms with Crippen molar-refractivity contribution < 1.29 is 0 Å². The van der Waals surface area contributed by atoms with Crippen molar-refractivity contribution in [1.29, 1.82) is 0 Å². The van der Waals surface area contributed by atoms with Gasteiger partial charge in [0.1, 0.15) is 11.3 Å². The molecule has 0 aromatic carbocycles. The molecule has 1 fully saturated rings. The van der Waals surface area contributed by atoms with Crippen molar-refractivity contribution in [1.82, 2.24) is 19.3 Å². The molecule has 116 valence electrons. The molecule has 3 rings (SSSR count). The number of aryl methyl sites for hydroxylation is 2. The third kappa shape index (κ3) is 2.37. The second-order valence-electron chi connectivity index (χ2n) is 6.38. The van der Waals surface area contributed by atoms with Crippen LogP contribution in [0.5, 0.6) is 0 Å². The van der Waals surface area contributed by atoms with Crippen LogP contribution in [0.2, 0.25) is 0 Å². The van der Waals surface area contributed by atoms with Crippen molar-refractivity contribution in [2.24, 2.45) is 13.0 Å². The van der Waals surface area contributed by atoms with Crippen molar-refractivity contribution >= 4 is 22.8 Å². The van der Waals surface area contributed by atoms with Crippen LogP contribution in [0.4, 0.5) is 0 Å². The summed E-state index contributed by atoms with van der Waals surface area (Å²) in [6.45, 7) is 6.50. The molecule has 5 heteroatoms. The number of hydrogen-bond acceptors (Lipinski definition) is 2. The lowest BCUT2D eigenvalue weighted by Crippen LogP contribution is -2.25. The molecule has 0 saturated heterocycles. The van der Waals surface area contributed by atoms with E-state index in [9.17, 15) is 0 Å². The summed E-state index contributed by atoms with van der Waals surface area (Å²) in [6.07, 6.45) is 6.05. The monoisotopic (exact) mass is 308 g/mol. The van der Waals surface area contributed by atoms with E-state index in [1.165, 1.54) is 19.3 Å². The maximum Gasteiger partial charge on any atom is 0.158 e. The van der Waals surface area contributed by atoms with Gasteiger partial charge in [0.25, 0.3) is 0 Å². The van der Waals surface area contributed by atoms with Gasteiger partial charge in [0.15, 0.2) is 5.65 Å². The quantitative estimate of drug-likeness (QED) is 0.768. The molecule has 0 N–H and O–H groups in total. The highest BCUT2D eigenvalue weighted by Crippen LogP contribution is 2.40. The van der Waals surface area contributed by atoms with Gasteiger partial charge in [-0.15, -0.1) is 11.6 Å². The Labute approximate surface area is 131 Å². The molecule has 0 amide bonds. The predicted octanol–water partition coefficient (Wildman–Crippen LogP) is 4.38. The zero-order valence-corrected chi connectivity index (χ0v) is 14.2. The molecule has 21 heavy (non-hydrogen) atoms. The van der Waals surface area contributed by atoms with E-state index in [-0.39, 0.29) is 5.38 Å². The van der Waals surface area contributed by atoms with E-state index in [1.807, 2.05) is 18.7 Å². The van der Waals surface area contributed by atoms with Crippen LogP contribution in [0, 0.1) is 5.92 Å². The molecule has 1 aliphatic rings. The average Bonchev–Trinajstić information content (AvgIpc) is 2.87. The lowest BCUT2D eigenvalue weighted by Gasteiger charge is -2.33. The van der Waals surface area contributed by atoms with Crippen LogP contribution < -0.4 is 0 Å². The Balaban J connectivity index is 2.16. The Hall–Kier alpha value is -1.03. The highest BCUT2D eigenvalue weighted by atomic mass is 35.5. The first-order valence-corrected chi connectivity index (χ1v) is 8.56. The summed E-state index contributed by atoms with van der Waals surface area (Å²) < 4.78 is 4.34. The lowest BCUT2D eigenvalue weighted by molar-refractivity contribution is 0.221. The molecule has 1 saturated carbocycles. The third-order valence-electron chi connectivity index (χ3n) is 4.85. The van der Waals surface area contributed by atoms with Crippen molar-refractivity contribution in [2.45, 2.75) is 64.3 Å². The summed E-state index contributed by atoms with van der Waals surface area (Å²) in [7, 11) is 2.02.